The van der Waals surface area contributed by atoms with Crippen molar-refractivity contribution in [1.29, 1.82) is 5.41 Å². The molecule has 1 aromatic carbocycles. The summed E-state index contributed by atoms with van der Waals surface area (Å²) in [7, 11) is 0. The van der Waals surface area contributed by atoms with Gasteiger partial charge in [-0.2, -0.15) is 0 Å². The van der Waals surface area contributed by atoms with E-state index in [9.17, 15) is 0 Å². The summed E-state index contributed by atoms with van der Waals surface area (Å²) in [4.78, 5) is 0. The van der Waals surface area contributed by atoms with E-state index in [0.29, 0.717) is 0 Å². The summed E-state index contributed by atoms with van der Waals surface area (Å²) in [5, 5.41) is 7.04. The van der Waals surface area contributed by atoms with Crippen LogP contribution in [0.4, 0.5) is 0 Å². The minimum absolute atomic E-state index is 0.279. The highest BCUT2D eigenvalue weighted by atomic mass is 35.5. The fourth-order valence-electron chi connectivity index (χ4n) is 0.866. The molecule has 0 radical (unpaired) electrons. The fraction of sp³-hybridized carbons (Fsp3) is 0.417. The lowest BCUT2D eigenvalue weighted by atomic mass is 10.2. The van der Waals surface area contributed by atoms with Gasteiger partial charge in [0.1, 0.15) is 0 Å². The van der Waals surface area contributed by atoms with Gasteiger partial charge < -0.3 is 0 Å². The molecule has 1 aromatic rings. The van der Waals surface area contributed by atoms with Crippen LogP contribution >= 0.6 is 11.6 Å². The van der Waals surface area contributed by atoms with E-state index in [2.05, 4.69) is 26.0 Å². The summed E-state index contributed by atoms with van der Waals surface area (Å²) >= 11 is 5.24. The van der Waals surface area contributed by atoms with Gasteiger partial charge in [-0.25, -0.2) is 0 Å². The van der Waals surface area contributed by atoms with Crippen molar-refractivity contribution in [2.45, 2.75) is 33.1 Å². The molecule has 0 fully saturated rings. The van der Waals surface area contributed by atoms with Crippen molar-refractivity contribution in [2.75, 3.05) is 0 Å². The van der Waals surface area contributed by atoms with Crippen molar-refractivity contribution in [2.24, 2.45) is 0 Å². The smallest absolute Gasteiger partial charge is 0.0968 e. The molecule has 0 aliphatic rings. The fourth-order valence-corrected chi connectivity index (χ4v) is 1.000. The number of halogens is 1. The zero-order chi connectivity index (χ0) is 10.8. The number of hydrogen-bond acceptors (Lipinski definition) is 1. The average Bonchev–Trinajstić information content (AvgIpc) is 2.17. The van der Waals surface area contributed by atoms with E-state index >= 15 is 0 Å². The zero-order valence-electron chi connectivity index (χ0n) is 8.89. The minimum atomic E-state index is 0.279. The number of unbranched alkanes of at least 4 members (excludes halogenated alkanes) is 1. The maximum Gasteiger partial charge on any atom is 0.0968 e. The molecule has 0 spiro atoms. The molecule has 0 aliphatic heterocycles. The van der Waals surface area contributed by atoms with Crippen LogP contribution in [-0.2, 0) is 0 Å². The van der Waals surface area contributed by atoms with Crippen molar-refractivity contribution in [3.63, 3.8) is 0 Å². The van der Waals surface area contributed by atoms with Crippen LogP contribution in [-0.4, -0.2) is 5.17 Å². The third kappa shape index (κ3) is 9.27. The first-order valence-corrected chi connectivity index (χ1v) is 5.29. The summed E-state index contributed by atoms with van der Waals surface area (Å²) < 4.78 is 0. The van der Waals surface area contributed by atoms with Crippen LogP contribution in [0.1, 0.15) is 31.7 Å². The Kier molecular flexibility index (Phi) is 8.25. The predicted molar refractivity (Wildman–Crippen MR) is 64.3 cm³/mol. The van der Waals surface area contributed by atoms with Crippen LogP contribution in [0.2, 0.25) is 0 Å². The van der Waals surface area contributed by atoms with Crippen molar-refractivity contribution in [3.8, 4) is 0 Å². The largest absolute Gasteiger partial charge is 0.293 e. The van der Waals surface area contributed by atoms with Crippen LogP contribution in [0.15, 0.2) is 30.3 Å². The van der Waals surface area contributed by atoms with E-state index in [1.807, 2.05) is 18.2 Å². The normalized spacial score (nSPS) is 8.79. The Morgan fingerprint density at radius 1 is 1.29 bits per heavy atom. The standard InChI is InChI=1S/C7H8.C5H10ClN/c1-7-5-3-2-4-6-7;1-2-3-4-5(6)7/h2-6H,1H3;7H,2-4H2,1H3. The molecule has 1 N–H and O–H groups in total. The third-order valence-electron chi connectivity index (χ3n) is 1.69. The van der Waals surface area contributed by atoms with Gasteiger partial charge >= 0.3 is 0 Å². The number of aryl methyl sites for hydroxylation is 1. The summed E-state index contributed by atoms with van der Waals surface area (Å²) in [6.07, 6.45) is 2.91. The van der Waals surface area contributed by atoms with Crippen LogP contribution in [0, 0.1) is 12.3 Å². The highest BCUT2D eigenvalue weighted by Gasteiger charge is 1.85. The quantitative estimate of drug-likeness (QED) is 0.718. The predicted octanol–water partition coefficient (Wildman–Crippen LogP) is 4.39. The molecule has 0 unspecified atom stereocenters. The second-order valence-electron chi connectivity index (χ2n) is 3.16. The van der Waals surface area contributed by atoms with Crippen molar-refractivity contribution < 1.29 is 0 Å². The molecular weight excluding hydrogens is 194 g/mol. The van der Waals surface area contributed by atoms with E-state index in [-0.39, 0.29) is 5.17 Å². The molecule has 1 rings (SSSR count). The monoisotopic (exact) mass is 211 g/mol. The average molecular weight is 212 g/mol. The molecule has 0 bridgehead atoms. The first-order valence-electron chi connectivity index (χ1n) is 4.91. The lowest BCUT2D eigenvalue weighted by molar-refractivity contribution is 0.838. The van der Waals surface area contributed by atoms with Gasteiger partial charge in [-0.15, -0.1) is 0 Å². The van der Waals surface area contributed by atoms with Crippen LogP contribution < -0.4 is 0 Å². The topological polar surface area (TPSA) is 23.9 Å². The summed E-state index contributed by atoms with van der Waals surface area (Å²) in [5.74, 6) is 0. The summed E-state index contributed by atoms with van der Waals surface area (Å²) in [5.41, 5.74) is 1.32. The van der Waals surface area contributed by atoms with Crippen LogP contribution in [0.5, 0.6) is 0 Å². The molecule has 0 atom stereocenters. The van der Waals surface area contributed by atoms with Gasteiger partial charge in [0.2, 0.25) is 0 Å². The van der Waals surface area contributed by atoms with Crippen LogP contribution in [0.25, 0.3) is 0 Å². The second kappa shape index (κ2) is 8.76. The van der Waals surface area contributed by atoms with Gasteiger partial charge in [0, 0.05) is 0 Å². The molecule has 2 heteroatoms. The molecule has 78 valence electrons. The van der Waals surface area contributed by atoms with Gasteiger partial charge in [0.25, 0.3) is 0 Å². The van der Waals surface area contributed by atoms with Gasteiger partial charge in [0.15, 0.2) is 0 Å². The highest BCUT2D eigenvalue weighted by Crippen LogP contribution is 1.97. The Hall–Kier alpha value is -0.820. The molecule has 1 nitrogen and oxygen atoms in total. The SMILES string of the molecule is CCCCC(=N)Cl.Cc1ccccc1. The first kappa shape index (κ1) is 13.2. The van der Waals surface area contributed by atoms with E-state index in [0.717, 1.165) is 19.3 Å². The van der Waals surface area contributed by atoms with E-state index in [1.54, 1.807) is 0 Å². The molecule has 0 amide bonds. The Bertz CT molecular complexity index is 244. The zero-order valence-corrected chi connectivity index (χ0v) is 9.64. The van der Waals surface area contributed by atoms with Gasteiger partial charge in [-0.1, -0.05) is 60.8 Å². The Labute approximate surface area is 91.6 Å². The Morgan fingerprint density at radius 2 is 1.86 bits per heavy atom. The van der Waals surface area contributed by atoms with Gasteiger partial charge in [0.05, 0.1) is 5.17 Å². The van der Waals surface area contributed by atoms with E-state index in [4.69, 9.17) is 17.0 Å². The van der Waals surface area contributed by atoms with Crippen LogP contribution in [0.3, 0.4) is 0 Å². The second-order valence-corrected chi connectivity index (χ2v) is 3.62. The summed E-state index contributed by atoms with van der Waals surface area (Å²) in [6, 6.07) is 10.3. The molecule has 0 saturated heterocycles. The maximum atomic E-state index is 6.76. The van der Waals surface area contributed by atoms with Gasteiger partial charge in [-0.3, -0.25) is 5.41 Å². The minimum Gasteiger partial charge on any atom is -0.293 e. The highest BCUT2D eigenvalue weighted by molar-refractivity contribution is 6.64. The molecule has 0 aliphatic carbocycles. The number of rotatable bonds is 3. The molecule has 0 saturated carbocycles. The van der Waals surface area contributed by atoms with Crippen molar-refractivity contribution >= 4 is 16.8 Å². The first-order chi connectivity index (χ1) is 6.66. The van der Waals surface area contributed by atoms with Gasteiger partial charge in [-0.05, 0) is 19.8 Å². The molecule has 0 heterocycles. The lowest BCUT2D eigenvalue weighted by Gasteiger charge is -1.87. The lowest BCUT2D eigenvalue weighted by Crippen LogP contribution is -1.81. The number of nitrogens with one attached hydrogen (secondary N) is 1. The number of hydrogen-bond donors (Lipinski definition) is 1. The Balaban J connectivity index is 0.000000241. The maximum absolute atomic E-state index is 6.76. The number of benzene rings is 1. The third-order valence-corrected chi connectivity index (χ3v) is 1.88. The Morgan fingerprint density at radius 3 is 2.07 bits per heavy atom. The van der Waals surface area contributed by atoms with Crippen molar-refractivity contribution in [1.82, 2.24) is 0 Å². The molecular formula is C12H18ClN. The molecule has 0 aromatic heterocycles. The summed E-state index contributed by atoms with van der Waals surface area (Å²) in [6.45, 7) is 4.17. The van der Waals surface area contributed by atoms with E-state index < -0.39 is 0 Å². The van der Waals surface area contributed by atoms with E-state index in [1.165, 1.54) is 5.56 Å². The molecule has 14 heavy (non-hydrogen) atoms. The van der Waals surface area contributed by atoms with Crippen molar-refractivity contribution in [3.05, 3.63) is 35.9 Å².